The Labute approximate surface area is 161 Å². The van der Waals surface area contributed by atoms with E-state index in [1.165, 1.54) is 12.8 Å². The normalized spacial score (nSPS) is 16.2. The zero-order valence-electron chi connectivity index (χ0n) is 14.9. The average Bonchev–Trinajstić information content (AvgIpc) is 3.21. The van der Waals surface area contributed by atoms with Gasteiger partial charge in [-0.1, -0.05) is 0 Å². The van der Waals surface area contributed by atoms with Crippen LogP contribution in [0.5, 0.6) is 0 Å². The summed E-state index contributed by atoms with van der Waals surface area (Å²) in [4.78, 5) is 13.9. The minimum Gasteiger partial charge on any atom is -0.357 e. The molecule has 1 aromatic rings. The van der Waals surface area contributed by atoms with E-state index in [2.05, 4.69) is 53.5 Å². The quantitative estimate of drug-likeness (QED) is 0.394. The van der Waals surface area contributed by atoms with E-state index in [-0.39, 0.29) is 24.0 Å². The molecule has 0 aromatic carbocycles. The van der Waals surface area contributed by atoms with E-state index < -0.39 is 0 Å². The SMILES string of the molecule is CCNC(=NCC(C1CC1)N(C)C)N(C)Cc1csc(C)n1.I. The van der Waals surface area contributed by atoms with E-state index >= 15 is 0 Å². The first-order valence-electron chi connectivity index (χ1n) is 8.08. The van der Waals surface area contributed by atoms with Gasteiger partial charge in [0.1, 0.15) is 0 Å². The molecule has 7 heteroatoms. The summed E-state index contributed by atoms with van der Waals surface area (Å²) in [5, 5.41) is 6.64. The molecule has 0 aliphatic heterocycles. The molecule has 1 unspecified atom stereocenters. The van der Waals surface area contributed by atoms with Crippen molar-refractivity contribution in [2.24, 2.45) is 10.9 Å². The summed E-state index contributed by atoms with van der Waals surface area (Å²) in [7, 11) is 6.40. The van der Waals surface area contributed by atoms with E-state index in [0.717, 1.165) is 42.2 Å². The first kappa shape index (κ1) is 20.6. The minimum atomic E-state index is 0. The van der Waals surface area contributed by atoms with Crippen LogP contribution < -0.4 is 5.32 Å². The highest BCUT2D eigenvalue weighted by molar-refractivity contribution is 14.0. The second-order valence-corrected chi connectivity index (χ2v) is 7.34. The van der Waals surface area contributed by atoms with E-state index in [1.807, 2.05) is 6.92 Å². The molecule has 132 valence electrons. The molecule has 1 saturated carbocycles. The Hall–Kier alpha value is -0.410. The second-order valence-electron chi connectivity index (χ2n) is 6.28. The third-order valence-corrected chi connectivity index (χ3v) is 4.84. The van der Waals surface area contributed by atoms with Crippen molar-refractivity contribution in [1.29, 1.82) is 0 Å². The fourth-order valence-electron chi connectivity index (χ4n) is 2.66. The van der Waals surface area contributed by atoms with Crippen molar-refractivity contribution in [2.45, 2.75) is 39.3 Å². The van der Waals surface area contributed by atoms with Gasteiger partial charge in [0.15, 0.2) is 5.96 Å². The summed E-state index contributed by atoms with van der Waals surface area (Å²) in [6, 6.07) is 0.559. The lowest BCUT2D eigenvalue weighted by Crippen LogP contribution is -2.40. The molecule has 1 atom stereocenters. The lowest BCUT2D eigenvalue weighted by Gasteiger charge is -2.25. The van der Waals surface area contributed by atoms with Gasteiger partial charge in [-0.05, 0) is 46.7 Å². The van der Waals surface area contributed by atoms with Gasteiger partial charge in [-0.25, -0.2) is 4.98 Å². The molecule has 0 bridgehead atoms. The van der Waals surface area contributed by atoms with Gasteiger partial charge >= 0.3 is 0 Å². The van der Waals surface area contributed by atoms with E-state index in [1.54, 1.807) is 11.3 Å². The van der Waals surface area contributed by atoms with Crippen molar-refractivity contribution >= 4 is 41.3 Å². The Morgan fingerprint density at radius 1 is 1.43 bits per heavy atom. The number of aromatic nitrogens is 1. The van der Waals surface area contributed by atoms with Crippen LogP contribution in [0.1, 0.15) is 30.5 Å². The molecule has 1 heterocycles. The lowest BCUT2D eigenvalue weighted by atomic mass is 10.2. The molecular formula is C16H30IN5S. The number of thiazole rings is 1. The number of likely N-dealkylation sites (N-methyl/N-ethyl adjacent to an activating group) is 1. The van der Waals surface area contributed by atoms with Gasteiger partial charge in [-0.15, -0.1) is 35.3 Å². The number of halogens is 1. The Kier molecular flexibility index (Phi) is 8.78. The van der Waals surface area contributed by atoms with Crippen molar-refractivity contribution in [1.82, 2.24) is 20.1 Å². The third-order valence-electron chi connectivity index (χ3n) is 4.02. The predicted molar refractivity (Wildman–Crippen MR) is 110 cm³/mol. The van der Waals surface area contributed by atoms with Crippen LogP contribution in [-0.2, 0) is 6.54 Å². The van der Waals surface area contributed by atoms with Crippen LogP contribution in [0.4, 0.5) is 0 Å². The Morgan fingerprint density at radius 3 is 2.61 bits per heavy atom. The molecule has 0 spiro atoms. The number of aryl methyl sites for hydroxylation is 1. The van der Waals surface area contributed by atoms with Crippen molar-refractivity contribution in [3.63, 3.8) is 0 Å². The van der Waals surface area contributed by atoms with Crippen LogP contribution >= 0.6 is 35.3 Å². The van der Waals surface area contributed by atoms with Crippen LogP contribution in [0.2, 0.25) is 0 Å². The van der Waals surface area contributed by atoms with E-state index in [9.17, 15) is 0 Å². The minimum absolute atomic E-state index is 0. The van der Waals surface area contributed by atoms with Crippen LogP contribution in [-0.4, -0.2) is 61.0 Å². The van der Waals surface area contributed by atoms with Crippen LogP contribution in [0.25, 0.3) is 0 Å². The van der Waals surface area contributed by atoms with Gasteiger partial charge in [0, 0.05) is 25.0 Å². The van der Waals surface area contributed by atoms with Gasteiger partial charge in [-0.2, -0.15) is 0 Å². The fourth-order valence-corrected chi connectivity index (χ4v) is 3.27. The molecule has 0 amide bonds. The number of hydrogen-bond donors (Lipinski definition) is 1. The van der Waals surface area contributed by atoms with Gasteiger partial charge in [0.05, 0.1) is 23.8 Å². The molecule has 0 radical (unpaired) electrons. The molecule has 23 heavy (non-hydrogen) atoms. The highest BCUT2D eigenvalue weighted by atomic mass is 127. The molecule has 1 aromatic heterocycles. The zero-order chi connectivity index (χ0) is 16.1. The number of aliphatic imine (C=N–C) groups is 1. The van der Waals surface area contributed by atoms with Crippen LogP contribution in [0.3, 0.4) is 0 Å². The summed E-state index contributed by atoms with van der Waals surface area (Å²) in [5.41, 5.74) is 1.11. The lowest BCUT2D eigenvalue weighted by molar-refractivity contribution is 0.270. The summed E-state index contributed by atoms with van der Waals surface area (Å²) in [5.74, 6) is 1.80. The summed E-state index contributed by atoms with van der Waals surface area (Å²) in [6.45, 7) is 6.70. The molecule has 1 aliphatic carbocycles. The van der Waals surface area contributed by atoms with Gasteiger partial charge in [0.25, 0.3) is 0 Å². The Balaban J connectivity index is 0.00000264. The second kappa shape index (κ2) is 9.78. The van der Waals surface area contributed by atoms with Crippen molar-refractivity contribution in [3.8, 4) is 0 Å². The smallest absolute Gasteiger partial charge is 0.194 e. The Morgan fingerprint density at radius 2 is 2.13 bits per heavy atom. The molecule has 1 N–H and O–H groups in total. The number of hydrogen-bond acceptors (Lipinski definition) is 4. The maximum absolute atomic E-state index is 4.86. The summed E-state index contributed by atoms with van der Waals surface area (Å²) in [6.07, 6.45) is 2.70. The highest BCUT2D eigenvalue weighted by Gasteiger charge is 2.32. The van der Waals surface area contributed by atoms with Gasteiger partial charge in [-0.3, -0.25) is 4.99 Å². The third kappa shape index (κ3) is 6.54. The largest absolute Gasteiger partial charge is 0.357 e. The number of rotatable bonds is 7. The Bertz CT molecular complexity index is 496. The number of guanidine groups is 1. The molecular weight excluding hydrogens is 421 g/mol. The molecule has 1 aliphatic rings. The topological polar surface area (TPSA) is 43.8 Å². The van der Waals surface area contributed by atoms with E-state index in [4.69, 9.17) is 4.99 Å². The average molecular weight is 451 g/mol. The van der Waals surface area contributed by atoms with Gasteiger partial charge in [0.2, 0.25) is 0 Å². The predicted octanol–water partition coefficient (Wildman–Crippen LogP) is 2.81. The highest BCUT2D eigenvalue weighted by Crippen LogP contribution is 2.34. The standard InChI is InChI=1S/C16H29N5S.HI/c1-6-17-16(18-9-15(20(3)4)13-7-8-13)21(5)10-14-11-22-12(2)19-14;/h11,13,15H,6-10H2,1-5H3,(H,17,18);1H. The fraction of sp³-hybridized carbons (Fsp3) is 0.750. The molecule has 1 fully saturated rings. The monoisotopic (exact) mass is 451 g/mol. The van der Waals surface area contributed by atoms with Crippen molar-refractivity contribution in [3.05, 3.63) is 16.1 Å². The first-order chi connectivity index (χ1) is 10.5. The number of nitrogens with one attached hydrogen (secondary N) is 1. The molecule has 0 saturated heterocycles. The van der Waals surface area contributed by atoms with Gasteiger partial charge < -0.3 is 15.1 Å². The summed E-state index contributed by atoms with van der Waals surface area (Å²) >= 11 is 1.70. The maximum Gasteiger partial charge on any atom is 0.194 e. The van der Waals surface area contributed by atoms with Crippen LogP contribution in [0, 0.1) is 12.8 Å². The summed E-state index contributed by atoms with van der Waals surface area (Å²) < 4.78 is 0. The molecule has 5 nitrogen and oxygen atoms in total. The molecule has 2 rings (SSSR count). The van der Waals surface area contributed by atoms with Crippen molar-refractivity contribution in [2.75, 3.05) is 34.2 Å². The first-order valence-corrected chi connectivity index (χ1v) is 8.96. The zero-order valence-corrected chi connectivity index (χ0v) is 18.0. The maximum atomic E-state index is 4.86. The van der Waals surface area contributed by atoms with Crippen LogP contribution in [0.15, 0.2) is 10.4 Å². The van der Waals surface area contributed by atoms with E-state index in [0.29, 0.717) is 6.04 Å². The number of nitrogens with zero attached hydrogens (tertiary/aromatic N) is 4. The van der Waals surface area contributed by atoms with Crippen molar-refractivity contribution < 1.29 is 0 Å².